The van der Waals surface area contributed by atoms with Gasteiger partial charge < -0.3 is 4.74 Å². The second-order valence-corrected chi connectivity index (χ2v) is 16.5. The van der Waals surface area contributed by atoms with Gasteiger partial charge in [-0.05, 0) is 57.3 Å². The third kappa shape index (κ3) is 5.44. The zero-order valence-electron chi connectivity index (χ0n) is 34.5. The number of para-hydroxylation sites is 3. The van der Waals surface area contributed by atoms with Gasteiger partial charge in [-0.3, -0.25) is 0 Å². The average molecular weight is 817 g/mol. The molecule has 9 aromatic carbocycles. The van der Waals surface area contributed by atoms with Crippen LogP contribution in [0.25, 0.3) is 89.4 Å². The maximum absolute atomic E-state index is 7.15. The molecule has 298 valence electrons. The molecule has 2 aliphatic rings. The molecule has 0 saturated carbocycles. The van der Waals surface area contributed by atoms with Crippen LogP contribution in [0.15, 0.2) is 218 Å². The smallest absolute Gasteiger partial charge is 0.164 e. The third-order valence-corrected chi connectivity index (χ3v) is 12.9. The first-order chi connectivity index (χ1) is 31.7. The van der Waals surface area contributed by atoms with Gasteiger partial charge in [0, 0.05) is 49.9 Å². The Morgan fingerprint density at radius 2 is 0.891 bits per heavy atom. The van der Waals surface area contributed by atoms with Crippen molar-refractivity contribution in [3.05, 3.63) is 241 Å². The van der Waals surface area contributed by atoms with Gasteiger partial charge >= 0.3 is 0 Å². The predicted molar refractivity (Wildman–Crippen MR) is 257 cm³/mol. The number of aromatic nitrogens is 4. The van der Waals surface area contributed by atoms with E-state index in [-0.39, 0.29) is 0 Å². The van der Waals surface area contributed by atoms with E-state index in [4.69, 9.17) is 24.7 Å². The molecule has 1 aliphatic carbocycles. The van der Waals surface area contributed by atoms with Crippen molar-refractivity contribution in [3.8, 4) is 79.2 Å². The standard InChI is InChI=1S/C59H36N4O/c1-4-17-37(18-5-1)54-52-45-23-10-12-26-47(45)59(53(52)46-24-11-14-29-50(46)60-54)48-27-13-15-30-51(48)64-55-44(25-16-28-49(55)59)42-33-31-41-36-43(34-32-40(41)35-42)58-62-56(38-19-6-2-7-20-38)61-57(63-58)39-21-8-3-9-22-39/h1-36H. The maximum atomic E-state index is 7.15. The lowest BCUT2D eigenvalue weighted by atomic mass is 9.65. The fraction of sp³-hybridized carbons (Fsp3) is 0.0169. The molecule has 11 aromatic rings. The van der Waals surface area contributed by atoms with E-state index in [9.17, 15) is 0 Å². The predicted octanol–water partition coefficient (Wildman–Crippen LogP) is 14.4. The number of fused-ring (bicyclic) bond motifs is 12. The van der Waals surface area contributed by atoms with Gasteiger partial charge in [-0.1, -0.05) is 194 Å². The molecule has 1 atom stereocenters. The monoisotopic (exact) mass is 816 g/mol. The molecule has 3 heterocycles. The van der Waals surface area contributed by atoms with Crippen LogP contribution in [0.5, 0.6) is 11.5 Å². The summed E-state index contributed by atoms with van der Waals surface area (Å²) < 4.78 is 7.15. The van der Waals surface area contributed by atoms with Crippen LogP contribution in [-0.4, -0.2) is 19.9 Å². The Kier molecular flexibility index (Phi) is 8.06. The summed E-state index contributed by atoms with van der Waals surface area (Å²) in [4.78, 5) is 20.3. The molecule has 1 aliphatic heterocycles. The molecule has 64 heavy (non-hydrogen) atoms. The second-order valence-electron chi connectivity index (χ2n) is 16.5. The quantitative estimate of drug-likeness (QED) is 0.173. The van der Waals surface area contributed by atoms with E-state index in [2.05, 4.69) is 158 Å². The molecule has 5 nitrogen and oxygen atoms in total. The molecule has 5 heteroatoms. The molecule has 0 saturated heterocycles. The molecule has 0 amide bonds. The van der Waals surface area contributed by atoms with E-state index in [0.29, 0.717) is 17.5 Å². The number of hydrogen-bond acceptors (Lipinski definition) is 5. The van der Waals surface area contributed by atoms with Crippen molar-refractivity contribution in [1.29, 1.82) is 0 Å². The van der Waals surface area contributed by atoms with Crippen molar-refractivity contribution in [3.63, 3.8) is 0 Å². The lowest BCUT2D eigenvalue weighted by molar-refractivity contribution is 0.438. The fourth-order valence-corrected chi connectivity index (χ4v) is 10.2. The maximum Gasteiger partial charge on any atom is 0.164 e. The highest BCUT2D eigenvalue weighted by Gasteiger charge is 2.53. The summed E-state index contributed by atoms with van der Waals surface area (Å²) in [5, 5.41) is 3.32. The van der Waals surface area contributed by atoms with Crippen molar-refractivity contribution in [2.45, 2.75) is 5.41 Å². The average Bonchev–Trinajstić information content (AvgIpc) is 3.68. The topological polar surface area (TPSA) is 60.8 Å². The van der Waals surface area contributed by atoms with E-state index in [0.717, 1.165) is 83.4 Å². The Morgan fingerprint density at radius 3 is 1.61 bits per heavy atom. The highest BCUT2D eigenvalue weighted by molar-refractivity contribution is 6.05. The molecule has 0 bridgehead atoms. The molecule has 13 rings (SSSR count). The zero-order valence-corrected chi connectivity index (χ0v) is 34.5. The van der Waals surface area contributed by atoms with Crippen LogP contribution in [0, 0.1) is 0 Å². The summed E-state index contributed by atoms with van der Waals surface area (Å²) >= 11 is 0. The SMILES string of the molecule is c1ccc(-c2nc(-c3ccccc3)nc(-c3ccc4cc(-c5cccc6c5Oc5ccccc5C65c6ccccc6-c6c(-c7ccccc7)nc7ccccc7c65)ccc4c3)n2)cc1. The molecule has 1 unspecified atom stereocenters. The minimum atomic E-state index is -0.689. The Morgan fingerprint density at radius 1 is 0.359 bits per heavy atom. The van der Waals surface area contributed by atoms with Crippen LogP contribution in [-0.2, 0) is 5.41 Å². The number of ether oxygens (including phenoxy) is 1. The largest absolute Gasteiger partial charge is 0.456 e. The van der Waals surface area contributed by atoms with Gasteiger partial charge in [0.25, 0.3) is 0 Å². The van der Waals surface area contributed by atoms with Gasteiger partial charge in [0.15, 0.2) is 17.5 Å². The van der Waals surface area contributed by atoms with Crippen LogP contribution in [0.3, 0.4) is 0 Å². The van der Waals surface area contributed by atoms with Crippen molar-refractivity contribution in [2.24, 2.45) is 0 Å². The van der Waals surface area contributed by atoms with Crippen molar-refractivity contribution in [2.75, 3.05) is 0 Å². The van der Waals surface area contributed by atoms with E-state index < -0.39 is 5.41 Å². The molecule has 0 N–H and O–H groups in total. The first kappa shape index (κ1) is 36.1. The highest BCUT2D eigenvalue weighted by Crippen LogP contribution is 2.65. The Balaban J connectivity index is 0.998. The normalized spacial score (nSPS) is 14.4. The highest BCUT2D eigenvalue weighted by atomic mass is 16.5. The van der Waals surface area contributed by atoms with E-state index in [1.807, 2.05) is 60.7 Å². The van der Waals surface area contributed by atoms with Crippen molar-refractivity contribution >= 4 is 21.7 Å². The van der Waals surface area contributed by atoms with E-state index >= 15 is 0 Å². The molecule has 1 spiro atoms. The summed E-state index contributed by atoms with van der Waals surface area (Å²) in [6, 6.07) is 76.7. The summed E-state index contributed by atoms with van der Waals surface area (Å²) in [5.74, 6) is 3.61. The summed E-state index contributed by atoms with van der Waals surface area (Å²) in [6.07, 6.45) is 0. The molecular formula is C59H36N4O. The van der Waals surface area contributed by atoms with Gasteiger partial charge in [0.2, 0.25) is 0 Å². The molecular weight excluding hydrogens is 781 g/mol. The van der Waals surface area contributed by atoms with E-state index in [1.54, 1.807) is 0 Å². The second kappa shape index (κ2) is 14.3. The van der Waals surface area contributed by atoms with Gasteiger partial charge in [-0.15, -0.1) is 0 Å². The zero-order chi connectivity index (χ0) is 42.2. The van der Waals surface area contributed by atoms with Crippen LogP contribution in [0.1, 0.15) is 22.3 Å². The van der Waals surface area contributed by atoms with Crippen LogP contribution >= 0.6 is 0 Å². The lowest BCUT2D eigenvalue weighted by Crippen LogP contribution is -2.32. The van der Waals surface area contributed by atoms with Crippen molar-refractivity contribution < 1.29 is 4.74 Å². The van der Waals surface area contributed by atoms with Crippen LogP contribution < -0.4 is 4.74 Å². The van der Waals surface area contributed by atoms with Gasteiger partial charge in [0.05, 0.1) is 16.6 Å². The number of rotatable bonds is 5. The van der Waals surface area contributed by atoms with Crippen LogP contribution in [0.4, 0.5) is 0 Å². The summed E-state index contributed by atoms with van der Waals surface area (Å²) in [6.45, 7) is 0. The van der Waals surface area contributed by atoms with Gasteiger partial charge in [0.1, 0.15) is 11.5 Å². The third-order valence-electron chi connectivity index (χ3n) is 12.9. The molecule has 2 aromatic heterocycles. The fourth-order valence-electron chi connectivity index (χ4n) is 10.2. The number of benzene rings is 9. The van der Waals surface area contributed by atoms with Gasteiger partial charge in [-0.2, -0.15) is 0 Å². The summed E-state index contributed by atoms with van der Waals surface area (Å²) in [5.41, 5.74) is 14.3. The number of nitrogens with zero attached hydrogens (tertiary/aromatic N) is 4. The Labute approximate surface area is 370 Å². The van der Waals surface area contributed by atoms with Gasteiger partial charge in [-0.25, -0.2) is 19.9 Å². The summed E-state index contributed by atoms with van der Waals surface area (Å²) in [7, 11) is 0. The lowest BCUT2D eigenvalue weighted by Gasteiger charge is -2.40. The van der Waals surface area contributed by atoms with Crippen molar-refractivity contribution in [1.82, 2.24) is 19.9 Å². The minimum absolute atomic E-state index is 0.628. The number of hydrogen-bond donors (Lipinski definition) is 0. The Bertz CT molecular complexity index is 3590. The first-order valence-electron chi connectivity index (χ1n) is 21.6. The van der Waals surface area contributed by atoms with E-state index in [1.165, 1.54) is 22.3 Å². The molecule has 0 radical (unpaired) electrons. The minimum Gasteiger partial charge on any atom is -0.456 e. The number of pyridine rings is 1. The Hall–Kier alpha value is -8.54. The van der Waals surface area contributed by atoms with Crippen LogP contribution in [0.2, 0.25) is 0 Å². The molecule has 0 fully saturated rings. The first-order valence-corrected chi connectivity index (χ1v) is 21.6.